The van der Waals surface area contributed by atoms with Gasteiger partial charge in [-0.15, -0.1) is 0 Å². The van der Waals surface area contributed by atoms with E-state index in [4.69, 9.17) is 16.3 Å². The summed E-state index contributed by atoms with van der Waals surface area (Å²) in [5.74, 6) is -0.618. The number of hydrogen-bond acceptors (Lipinski definition) is 2. The molecule has 3 nitrogen and oxygen atoms in total. The molecule has 1 atom stereocenters. The zero-order valence-corrected chi connectivity index (χ0v) is 12.7. The van der Waals surface area contributed by atoms with E-state index in [0.717, 1.165) is 16.7 Å². The summed E-state index contributed by atoms with van der Waals surface area (Å²) in [5, 5.41) is 9.79. The van der Waals surface area contributed by atoms with E-state index in [9.17, 15) is 9.90 Å². The number of para-hydroxylation sites is 1. The number of aryl methyl sites for hydroxylation is 1. The van der Waals surface area contributed by atoms with Gasteiger partial charge in [0.25, 0.3) is 0 Å². The van der Waals surface area contributed by atoms with Crippen LogP contribution in [0.5, 0.6) is 5.75 Å². The molecule has 0 bridgehead atoms. The molecule has 0 amide bonds. The summed E-state index contributed by atoms with van der Waals surface area (Å²) in [4.78, 5) is 11.4. The molecule has 0 saturated heterocycles. The van der Waals surface area contributed by atoms with Crippen molar-refractivity contribution in [2.45, 2.75) is 26.4 Å². The zero-order valence-electron chi connectivity index (χ0n) is 12.0. The number of hydrogen-bond donors (Lipinski definition) is 1. The van der Waals surface area contributed by atoms with Gasteiger partial charge >= 0.3 is 5.97 Å². The Morgan fingerprint density at radius 1 is 1.19 bits per heavy atom. The highest BCUT2D eigenvalue weighted by Gasteiger charge is 2.22. The van der Waals surface area contributed by atoms with Crippen molar-refractivity contribution in [1.82, 2.24) is 0 Å². The lowest BCUT2D eigenvalue weighted by Crippen LogP contribution is -2.29. The Balaban J connectivity index is 2.22. The first-order chi connectivity index (χ1) is 9.99. The smallest absolute Gasteiger partial charge is 0.345 e. The summed E-state index contributed by atoms with van der Waals surface area (Å²) in [7, 11) is 0. The second kappa shape index (κ2) is 6.64. The van der Waals surface area contributed by atoms with Gasteiger partial charge in [0.05, 0.1) is 5.02 Å². The van der Waals surface area contributed by atoms with Gasteiger partial charge in [0.1, 0.15) is 5.75 Å². The van der Waals surface area contributed by atoms with Gasteiger partial charge in [0.2, 0.25) is 0 Å². The first-order valence-corrected chi connectivity index (χ1v) is 7.06. The molecule has 2 aromatic carbocycles. The van der Waals surface area contributed by atoms with Crippen LogP contribution in [0.25, 0.3) is 0 Å². The van der Waals surface area contributed by atoms with Gasteiger partial charge in [-0.1, -0.05) is 41.9 Å². The average Bonchev–Trinajstić information content (AvgIpc) is 2.45. The second-order valence-electron chi connectivity index (χ2n) is 4.94. The van der Waals surface area contributed by atoms with Crippen LogP contribution >= 0.6 is 11.6 Å². The van der Waals surface area contributed by atoms with E-state index in [0.29, 0.717) is 17.2 Å². The van der Waals surface area contributed by atoms with Crippen LogP contribution in [0.3, 0.4) is 0 Å². The maximum Gasteiger partial charge on any atom is 0.345 e. The van der Waals surface area contributed by atoms with Crippen molar-refractivity contribution in [3.63, 3.8) is 0 Å². The Kier molecular flexibility index (Phi) is 4.86. The normalized spacial score (nSPS) is 12.0. The fourth-order valence-electron chi connectivity index (χ4n) is 2.11. The summed E-state index contributed by atoms with van der Waals surface area (Å²) >= 11 is 6.01. The lowest BCUT2D eigenvalue weighted by Gasteiger charge is -2.17. The van der Waals surface area contributed by atoms with Gasteiger partial charge in [-0.05, 0) is 42.7 Å². The molecular formula is C17H17ClO3. The molecular weight excluding hydrogens is 288 g/mol. The number of benzene rings is 2. The third-order valence-corrected chi connectivity index (χ3v) is 3.82. The van der Waals surface area contributed by atoms with Crippen LogP contribution in [0, 0.1) is 13.8 Å². The van der Waals surface area contributed by atoms with E-state index in [-0.39, 0.29) is 0 Å². The van der Waals surface area contributed by atoms with Crippen LogP contribution in [-0.4, -0.2) is 17.2 Å². The summed E-state index contributed by atoms with van der Waals surface area (Å²) in [6, 6.07) is 12.7. The lowest BCUT2D eigenvalue weighted by molar-refractivity contribution is -0.145. The average molecular weight is 305 g/mol. The van der Waals surface area contributed by atoms with E-state index in [1.54, 1.807) is 24.3 Å². The highest BCUT2D eigenvalue weighted by atomic mass is 35.5. The Morgan fingerprint density at radius 2 is 1.90 bits per heavy atom. The molecule has 0 aliphatic carbocycles. The minimum atomic E-state index is -1.00. The molecule has 0 aromatic heterocycles. The monoisotopic (exact) mass is 304 g/mol. The Labute approximate surface area is 129 Å². The molecule has 0 spiro atoms. The van der Waals surface area contributed by atoms with Crippen LogP contribution in [0.4, 0.5) is 0 Å². The third-order valence-electron chi connectivity index (χ3n) is 3.50. The van der Waals surface area contributed by atoms with Crippen LogP contribution in [0.2, 0.25) is 5.02 Å². The van der Waals surface area contributed by atoms with E-state index < -0.39 is 12.1 Å². The Bertz CT molecular complexity index is 652. The first-order valence-electron chi connectivity index (χ1n) is 6.68. The first kappa shape index (κ1) is 15.4. The largest absolute Gasteiger partial charge is 0.478 e. The van der Waals surface area contributed by atoms with Gasteiger partial charge in [0, 0.05) is 6.42 Å². The molecule has 0 radical (unpaired) electrons. The molecule has 0 aliphatic rings. The minimum absolute atomic E-state index is 0.300. The second-order valence-corrected chi connectivity index (χ2v) is 5.35. The molecule has 1 N–H and O–H groups in total. The summed E-state index contributed by atoms with van der Waals surface area (Å²) in [5.41, 5.74) is 3.19. The number of carboxylic acid groups (broad SMARTS) is 1. The highest BCUT2D eigenvalue weighted by molar-refractivity contribution is 6.32. The lowest BCUT2D eigenvalue weighted by atomic mass is 9.98. The predicted octanol–water partition coefficient (Wildman–Crippen LogP) is 4.03. The van der Waals surface area contributed by atoms with Gasteiger partial charge in [-0.3, -0.25) is 0 Å². The van der Waals surface area contributed by atoms with Crippen molar-refractivity contribution in [2.24, 2.45) is 0 Å². The molecule has 2 rings (SSSR count). The van der Waals surface area contributed by atoms with E-state index in [2.05, 4.69) is 0 Å². The quantitative estimate of drug-likeness (QED) is 0.907. The van der Waals surface area contributed by atoms with Gasteiger partial charge in [0.15, 0.2) is 6.10 Å². The topological polar surface area (TPSA) is 46.5 Å². The summed E-state index contributed by atoms with van der Waals surface area (Å²) < 4.78 is 5.57. The zero-order chi connectivity index (χ0) is 15.4. The summed E-state index contributed by atoms with van der Waals surface area (Å²) in [6.07, 6.45) is -0.668. The molecule has 0 fully saturated rings. The number of aliphatic carboxylic acids is 1. The van der Waals surface area contributed by atoms with Crippen molar-refractivity contribution < 1.29 is 14.6 Å². The standard InChI is InChI=1S/C17H17ClO3/c1-11-6-5-7-13(12(11)2)10-16(17(19)20)21-15-9-4-3-8-14(15)18/h3-9,16H,10H2,1-2H3,(H,19,20)/t16-/m1/s1. The van der Waals surface area contributed by atoms with Gasteiger partial charge in [-0.25, -0.2) is 4.79 Å². The van der Waals surface area contributed by atoms with Crippen molar-refractivity contribution in [2.75, 3.05) is 0 Å². The predicted molar refractivity (Wildman–Crippen MR) is 83.1 cm³/mol. The third kappa shape index (κ3) is 3.76. The molecule has 4 heteroatoms. The maximum absolute atomic E-state index is 11.4. The minimum Gasteiger partial charge on any atom is -0.478 e. The van der Waals surface area contributed by atoms with E-state index in [1.807, 2.05) is 32.0 Å². The SMILES string of the molecule is Cc1cccc(C[C@@H](Oc2ccccc2Cl)C(=O)O)c1C. The molecule has 21 heavy (non-hydrogen) atoms. The van der Waals surface area contributed by atoms with Crippen molar-refractivity contribution in [3.8, 4) is 5.75 Å². The fraction of sp³-hybridized carbons (Fsp3) is 0.235. The number of carbonyl (C=O) groups is 1. The summed E-state index contributed by atoms with van der Waals surface area (Å²) in [6.45, 7) is 3.99. The van der Waals surface area contributed by atoms with Gasteiger partial charge in [-0.2, -0.15) is 0 Å². The number of halogens is 1. The molecule has 0 aliphatic heterocycles. The van der Waals surface area contributed by atoms with Crippen LogP contribution < -0.4 is 4.74 Å². The molecule has 0 unspecified atom stereocenters. The molecule has 110 valence electrons. The van der Waals surface area contributed by atoms with Gasteiger partial charge < -0.3 is 9.84 Å². The van der Waals surface area contributed by atoms with E-state index >= 15 is 0 Å². The Morgan fingerprint density at radius 3 is 2.57 bits per heavy atom. The van der Waals surface area contributed by atoms with Crippen molar-refractivity contribution >= 4 is 17.6 Å². The molecule has 0 heterocycles. The van der Waals surface area contributed by atoms with Crippen molar-refractivity contribution in [3.05, 3.63) is 64.2 Å². The number of ether oxygens (including phenoxy) is 1. The Hall–Kier alpha value is -2.00. The highest BCUT2D eigenvalue weighted by Crippen LogP contribution is 2.25. The van der Waals surface area contributed by atoms with Crippen molar-refractivity contribution in [1.29, 1.82) is 0 Å². The molecule has 2 aromatic rings. The van der Waals surface area contributed by atoms with Crippen LogP contribution in [0.1, 0.15) is 16.7 Å². The maximum atomic E-state index is 11.4. The fourth-order valence-corrected chi connectivity index (χ4v) is 2.29. The van der Waals surface area contributed by atoms with Crippen LogP contribution in [0.15, 0.2) is 42.5 Å². The number of carboxylic acids is 1. The van der Waals surface area contributed by atoms with E-state index in [1.165, 1.54) is 0 Å². The number of rotatable bonds is 5. The van der Waals surface area contributed by atoms with Crippen LogP contribution in [-0.2, 0) is 11.2 Å². The molecule has 0 saturated carbocycles.